The lowest BCUT2D eigenvalue weighted by Crippen LogP contribution is -2.42. The van der Waals surface area contributed by atoms with Gasteiger partial charge in [0.1, 0.15) is 0 Å². The molecule has 1 N–H and O–H groups in total. The highest BCUT2D eigenvalue weighted by Gasteiger charge is 2.45. The number of hydrogen-bond acceptors (Lipinski definition) is 1. The number of carboxylic acids is 1. The molecule has 3 rings (SSSR count). The maximum Gasteiger partial charge on any atom is 0.306 e. The van der Waals surface area contributed by atoms with Gasteiger partial charge < -0.3 is 5.11 Å². The Bertz CT molecular complexity index is 649. The van der Waals surface area contributed by atoms with Gasteiger partial charge in [0, 0.05) is 0 Å². The van der Waals surface area contributed by atoms with Gasteiger partial charge in [0.05, 0.1) is 5.92 Å². The normalized spacial score (nSPS) is 31.6. The van der Waals surface area contributed by atoms with Crippen LogP contribution in [0.1, 0.15) is 76.7 Å². The van der Waals surface area contributed by atoms with Gasteiger partial charge in [0.15, 0.2) is 17.5 Å². The molecule has 2 nitrogen and oxygen atoms in total. The fourth-order valence-electron chi connectivity index (χ4n) is 5.57. The molecule has 0 radical (unpaired) electrons. The third-order valence-corrected chi connectivity index (χ3v) is 7.11. The monoisotopic (exact) mass is 382 g/mol. The molecule has 150 valence electrons. The summed E-state index contributed by atoms with van der Waals surface area (Å²) in [5, 5.41) is 9.34. The van der Waals surface area contributed by atoms with Gasteiger partial charge in [-0.15, -0.1) is 0 Å². The van der Waals surface area contributed by atoms with E-state index in [2.05, 4.69) is 6.92 Å². The molecule has 2 fully saturated rings. The van der Waals surface area contributed by atoms with Crippen molar-refractivity contribution in [3.8, 4) is 0 Å². The summed E-state index contributed by atoms with van der Waals surface area (Å²) in [5.74, 6) is -3.95. The van der Waals surface area contributed by atoms with E-state index < -0.39 is 34.8 Å². The molecule has 0 bridgehead atoms. The van der Waals surface area contributed by atoms with E-state index >= 15 is 0 Å². The summed E-state index contributed by atoms with van der Waals surface area (Å²) in [7, 11) is 0. The number of carboxylic acid groups (broad SMARTS) is 1. The first-order valence-corrected chi connectivity index (χ1v) is 10.2. The number of aliphatic carboxylic acids is 1. The quantitative estimate of drug-likeness (QED) is 0.614. The van der Waals surface area contributed by atoms with Gasteiger partial charge in [-0.25, -0.2) is 13.2 Å². The minimum atomic E-state index is -1.43. The van der Waals surface area contributed by atoms with Gasteiger partial charge in [0.25, 0.3) is 0 Å². The van der Waals surface area contributed by atoms with E-state index in [-0.39, 0.29) is 5.92 Å². The van der Waals surface area contributed by atoms with Crippen LogP contribution >= 0.6 is 0 Å². The minimum Gasteiger partial charge on any atom is -0.481 e. The lowest BCUT2D eigenvalue weighted by atomic mass is 9.56. The first-order chi connectivity index (χ1) is 12.9. The van der Waals surface area contributed by atoms with Crippen molar-refractivity contribution in [2.45, 2.75) is 76.5 Å². The van der Waals surface area contributed by atoms with Crippen LogP contribution in [0.25, 0.3) is 0 Å². The summed E-state index contributed by atoms with van der Waals surface area (Å²) in [4.78, 5) is 11.4. The molecular weight excluding hydrogens is 353 g/mol. The van der Waals surface area contributed by atoms with Gasteiger partial charge in [-0.3, -0.25) is 4.79 Å². The van der Waals surface area contributed by atoms with Crippen molar-refractivity contribution in [2.24, 2.45) is 17.8 Å². The van der Waals surface area contributed by atoms with E-state index in [1.807, 2.05) is 0 Å². The highest BCUT2D eigenvalue weighted by molar-refractivity contribution is 5.70. The Kier molecular flexibility index (Phi) is 6.17. The van der Waals surface area contributed by atoms with E-state index in [0.29, 0.717) is 37.2 Å². The van der Waals surface area contributed by atoms with Gasteiger partial charge >= 0.3 is 5.97 Å². The summed E-state index contributed by atoms with van der Waals surface area (Å²) >= 11 is 0. The second kappa shape index (κ2) is 8.24. The highest BCUT2D eigenvalue weighted by atomic mass is 19.2. The van der Waals surface area contributed by atoms with Crippen molar-refractivity contribution in [2.75, 3.05) is 0 Å². The fourth-order valence-corrected chi connectivity index (χ4v) is 5.57. The Morgan fingerprint density at radius 3 is 2.07 bits per heavy atom. The summed E-state index contributed by atoms with van der Waals surface area (Å²) in [6.07, 6.45) is 8.76. The van der Waals surface area contributed by atoms with Crippen molar-refractivity contribution >= 4 is 5.97 Å². The van der Waals surface area contributed by atoms with Crippen LogP contribution in [-0.4, -0.2) is 11.1 Å². The zero-order valence-corrected chi connectivity index (χ0v) is 15.9. The fraction of sp³-hybridized carbons (Fsp3) is 0.682. The van der Waals surface area contributed by atoms with Crippen molar-refractivity contribution < 1.29 is 23.1 Å². The Morgan fingerprint density at radius 2 is 1.59 bits per heavy atom. The van der Waals surface area contributed by atoms with Crippen molar-refractivity contribution in [3.63, 3.8) is 0 Å². The van der Waals surface area contributed by atoms with E-state index in [4.69, 9.17) is 0 Å². The molecule has 0 amide bonds. The van der Waals surface area contributed by atoms with Crippen LogP contribution < -0.4 is 0 Å². The molecule has 2 aliphatic rings. The minimum absolute atomic E-state index is 0.268. The van der Waals surface area contributed by atoms with Gasteiger partial charge in [-0.1, -0.05) is 32.6 Å². The molecule has 2 saturated carbocycles. The van der Waals surface area contributed by atoms with Crippen molar-refractivity contribution in [3.05, 3.63) is 35.1 Å². The molecule has 5 heteroatoms. The molecular formula is C22H29F3O2. The lowest BCUT2D eigenvalue weighted by molar-refractivity contribution is -0.143. The van der Waals surface area contributed by atoms with E-state index in [9.17, 15) is 23.1 Å². The third kappa shape index (κ3) is 4.02. The predicted molar refractivity (Wildman–Crippen MR) is 97.9 cm³/mol. The average molecular weight is 382 g/mol. The predicted octanol–water partition coefficient (Wildman–Crippen LogP) is 6.22. The standard InChI is InChI=1S/C22H29F3O2/c1-2-3-14-4-6-16(7-5-14)22(10-8-15(9-11-22)21(26)27)17-12-18(23)20(25)19(24)13-17/h12-16H,2-11H2,1H3,(H,26,27). The van der Waals surface area contributed by atoms with Crippen LogP contribution in [0.2, 0.25) is 0 Å². The van der Waals surface area contributed by atoms with Crippen LogP contribution in [0.15, 0.2) is 12.1 Å². The lowest BCUT2D eigenvalue weighted by Gasteiger charge is -2.48. The number of halogens is 3. The van der Waals surface area contributed by atoms with Crippen LogP contribution in [0, 0.1) is 35.2 Å². The molecule has 2 aliphatic carbocycles. The van der Waals surface area contributed by atoms with Crippen LogP contribution in [0.4, 0.5) is 13.2 Å². The van der Waals surface area contributed by atoms with Gasteiger partial charge in [0.2, 0.25) is 0 Å². The highest BCUT2D eigenvalue weighted by Crippen LogP contribution is 2.52. The molecule has 0 saturated heterocycles. The summed E-state index contributed by atoms with van der Waals surface area (Å²) < 4.78 is 41.5. The smallest absolute Gasteiger partial charge is 0.306 e. The van der Waals surface area contributed by atoms with Crippen LogP contribution in [0.3, 0.4) is 0 Å². The Balaban J connectivity index is 1.90. The largest absolute Gasteiger partial charge is 0.481 e. The molecule has 0 aliphatic heterocycles. The zero-order chi connectivity index (χ0) is 19.6. The molecule has 1 aromatic rings. The Morgan fingerprint density at radius 1 is 1.04 bits per heavy atom. The first-order valence-electron chi connectivity index (χ1n) is 10.2. The third-order valence-electron chi connectivity index (χ3n) is 7.11. The number of carbonyl (C=O) groups is 1. The topological polar surface area (TPSA) is 37.3 Å². The first kappa shape index (κ1) is 20.2. The SMILES string of the molecule is CCCC1CCC(C2(c3cc(F)c(F)c(F)c3)CCC(C(=O)O)CC2)CC1. The molecule has 27 heavy (non-hydrogen) atoms. The zero-order valence-electron chi connectivity index (χ0n) is 15.9. The second-order valence-corrected chi connectivity index (χ2v) is 8.53. The number of rotatable bonds is 5. The summed E-state index contributed by atoms with van der Waals surface area (Å²) in [5.41, 5.74) is 0.0695. The summed E-state index contributed by atoms with van der Waals surface area (Å²) in [6, 6.07) is 2.30. The van der Waals surface area contributed by atoms with E-state index in [1.165, 1.54) is 6.42 Å². The molecule has 0 heterocycles. The molecule has 0 aromatic heterocycles. The second-order valence-electron chi connectivity index (χ2n) is 8.53. The van der Waals surface area contributed by atoms with Crippen LogP contribution in [-0.2, 0) is 10.2 Å². The maximum absolute atomic E-state index is 14.0. The Hall–Kier alpha value is -1.52. The number of hydrogen-bond donors (Lipinski definition) is 1. The molecule has 0 unspecified atom stereocenters. The average Bonchev–Trinajstić information content (AvgIpc) is 2.66. The Labute approximate surface area is 159 Å². The number of benzene rings is 1. The molecule has 1 aromatic carbocycles. The van der Waals surface area contributed by atoms with E-state index in [1.54, 1.807) is 0 Å². The molecule has 0 spiro atoms. The van der Waals surface area contributed by atoms with Crippen molar-refractivity contribution in [1.29, 1.82) is 0 Å². The summed E-state index contributed by atoms with van der Waals surface area (Å²) in [6.45, 7) is 2.19. The van der Waals surface area contributed by atoms with Crippen LogP contribution in [0.5, 0.6) is 0 Å². The van der Waals surface area contributed by atoms with E-state index in [0.717, 1.165) is 44.2 Å². The maximum atomic E-state index is 14.0. The van der Waals surface area contributed by atoms with Crippen molar-refractivity contribution in [1.82, 2.24) is 0 Å². The molecule has 0 atom stereocenters. The van der Waals surface area contributed by atoms with Gasteiger partial charge in [-0.05, 0) is 73.5 Å². The van der Waals surface area contributed by atoms with Gasteiger partial charge in [-0.2, -0.15) is 0 Å².